The maximum absolute atomic E-state index is 14.1. The molecule has 0 amide bonds. The van der Waals surface area contributed by atoms with Crippen molar-refractivity contribution in [3.8, 4) is 11.5 Å². The van der Waals surface area contributed by atoms with E-state index in [0.717, 1.165) is 21.1 Å². The zero-order valence-corrected chi connectivity index (χ0v) is 19.8. The fourth-order valence-electron chi connectivity index (χ4n) is 3.48. The monoisotopic (exact) mass is 513 g/mol. The lowest BCUT2D eigenvalue weighted by Crippen LogP contribution is -2.05. The van der Waals surface area contributed by atoms with Crippen LogP contribution in [0.1, 0.15) is 18.1 Å². The van der Waals surface area contributed by atoms with Gasteiger partial charge in [-0.15, -0.1) is 0 Å². The van der Waals surface area contributed by atoms with E-state index >= 15 is 0 Å². The molecule has 4 aromatic rings. The van der Waals surface area contributed by atoms with Crippen LogP contribution in [0.3, 0.4) is 0 Å². The normalized spacial score (nSPS) is 10.9. The van der Waals surface area contributed by atoms with E-state index in [9.17, 15) is 4.39 Å². The lowest BCUT2D eigenvalue weighted by Gasteiger charge is -2.17. The summed E-state index contributed by atoms with van der Waals surface area (Å²) in [6.45, 7) is 2.99. The Labute approximate surface area is 200 Å². The van der Waals surface area contributed by atoms with Crippen molar-refractivity contribution in [2.45, 2.75) is 20.1 Å². The fourth-order valence-corrected chi connectivity index (χ4v) is 4.16. The summed E-state index contributed by atoms with van der Waals surface area (Å²) in [6, 6.07) is 22.8. The van der Waals surface area contributed by atoms with Gasteiger partial charge in [0.2, 0.25) is 0 Å². The largest absolute Gasteiger partial charge is 0.490 e. The van der Waals surface area contributed by atoms with Crippen molar-refractivity contribution in [3.63, 3.8) is 0 Å². The molecule has 4 aromatic carbocycles. The first-order valence-corrected chi connectivity index (χ1v) is 11.5. The Morgan fingerprint density at radius 3 is 2.50 bits per heavy atom. The number of hydrogen-bond acceptors (Lipinski definition) is 3. The first kappa shape index (κ1) is 22.4. The van der Waals surface area contributed by atoms with E-state index in [-0.39, 0.29) is 6.61 Å². The molecule has 0 radical (unpaired) electrons. The summed E-state index contributed by atoms with van der Waals surface area (Å²) >= 11 is 9.76. The molecule has 164 valence electrons. The fraction of sp³-hybridized carbons (Fsp3) is 0.154. The van der Waals surface area contributed by atoms with E-state index in [2.05, 4.69) is 45.5 Å². The highest BCUT2D eigenvalue weighted by Gasteiger charge is 2.14. The quantitative estimate of drug-likeness (QED) is 0.258. The van der Waals surface area contributed by atoms with Crippen LogP contribution in [0.4, 0.5) is 10.1 Å². The van der Waals surface area contributed by atoms with Crippen LogP contribution in [0.5, 0.6) is 11.5 Å². The predicted octanol–water partition coefficient (Wildman–Crippen LogP) is 7.98. The number of fused-ring (bicyclic) bond motifs is 1. The Bertz CT molecular complexity index is 1220. The molecular formula is C26H22BrClFNO2. The highest BCUT2D eigenvalue weighted by Crippen LogP contribution is 2.36. The van der Waals surface area contributed by atoms with Crippen molar-refractivity contribution in [1.29, 1.82) is 0 Å². The van der Waals surface area contributed by atoms with E-state index < -0.39 is 5.82 Å². The van der Waals surface area contributed by atoms with Crippen LogP contribution in [-0.2, 0) is 13.2 Å². The molecule has 0 aliphatic rings. The average molecular weight is 515 g/mol. The third-order valence-corrected chi connectivity index (χ3v) is 6.20. The Morgan fingerprint density at radius 2 is 1.69 bits per heavy atom. The first-order valence-electron chi connectivity index (χ1n) is 10.3. The molecule has 32 heavy (non-hydrogen) atoms. The van der Waals surface area contributed by atoms with Crippen molar-refractivity contribution >= 4 is 44.0 Å². The molecule has 0 fully saturated rings. The lowest BCUT2D eigenvalue weighted by atomic mass is 10.1. The standard InChI is InChI=1S/C26H22BrClFNO2/c1-2-31-25-13-18(15-30-24-12-5-8-17-7-3-4-9-19(17)24)21(27)14-26(25)32-16-20-22(28)10-6-11-23(20)29/h3-14,30H,2,15-16H2,1H3. The molecule has 0 atom stereocenters. The van der Waals surface area contributed by atoms with Crippen LogP contribution < -0.4 is 14.8 Å². The van der Waals surface area contributed by atoms with E-state index in [1.54, 1.807) is 12.1 Å². The molecule has 0 aromatic heterocycles. The van der Waals surface area contributed by atoms with Crippen molar-refractivity contribution in [3.05, 3.63) is 99.2 Å². The van der Waals surface area contributed by atoms with Crippen LogP contribution in [0.25, 0.3) is 10.8 Å². The van der Waals surface area contributed by atoms with Gasteiger partial charge in [0.05, 0.1) is 11.6 Å². The highest BCUT2D eigenvalue weighted by molar-refractivity contribution is 9.10. The van der Waals surface area contributed by atoms with E-state index in [1.165, 1.54) is 11.5 Å². The molecule has 0 saturated carbocycles. The molecule has 0 heterocycles. The molecule has 0 aliphatic carbocycles. The number of nitrogens with one attached hydrogen (secondary N) is 1. The van der Waals surface area contributed by atoms with E-state index in [0.29, 0.717) is 35.2 Å². The third-order valence-electron chi connectivity index (χ3n) is 5.11. The number of benzene rings is 4. The molecular weight excluding hydrogens is 493 g/mol. The third kappa shape index (κ3) is 5.00. The van der Waals surface area contributed by atoms with Gasteiger partial charge < -0.3 is 14.8 Å². The van der Waals surface area contributed by atoms with Gasteiger partial charge in [-0.3, -0.25) is 0 Å². The minimum atomic E-state index is -0.398. The molecule has 0 saturated heterocycles. The highest BCUT2D eigenvalue weighted by atomic mass is 79.9. The number of hydrogen-bond donors (Lipinski definition) is 1. The van der Waals surface area contributed by atoms with Gasteiger partial charge >= 0.3 is 0 Å². The second kappa shape index (κ2) is 10.2. The Morgan fingerprint density at radius 1 is 0.938 bits per heavy atom. The average Bonchev–Trinajstić information content (AvgIpc) is 2.79. The maximum Gasteiger partial charge on any atom is 0.162 e. The molecule has 6 heteroatoms. The second-order valence-electron chi connectivity index (χ2n) is 7.19. The van der Waals surface area contributed by atoms with E-state index in [4.69, 9.17) is 21.1 Å². The van der Waals surface area contributed by atoms with Crippen LogP contribution in [0, 0.1) is 5.82 Å². The van der Waals surface area contributed by atoms with Gasteiger partial charge in [-0.05, 0) is 48.2 Å². The molecule has 0 spiro atoms. The second-order valence-corrected chi connectivity index (χ2v) is 8.45. The van der Waals surface area contributed by atoms with Crippen LogP contribution >= 0.6 is 27.5 Å². The summed E-state index contributed by atoms with van der Waals surface area (Å²) in [5, 5.41) is 6.19. The maximum atomic E-state index is 14.1. The smallest absolute Gasteiger partial charge is 0.162 e. The van der Waals surface area contributed by atoms with Crippen molar-refractivity contribution in [2.24, 2.45) is 0 Å². The SMILES string of the molecule is CCOc1cc(CNc2cccc3ccccc23)c(Br)cc1OCc1c(F)cccc1Cl. The van der Waals surface area contributed by atoms with Crippen molar-refractivity contribution < 1.29 is 13.9 Å². The van der Waals surface area contributed by atoms with Crippen molar-refractivity contribution in [2.75, 3.05) is 11.9 Å². The van der Waals surface area contributed by atoms with Gasteiger partial charge in [0.15, 0.2) is 11.5 Å². The number of anilines is 1. The Hall–Kier alpha value is -2.76. The summed E-state index contributed by atoms with van der Waals surface area (Å²) in [7, 11) is 0. The van der Waals surface area contributed by atoms with Gasteiger partial charge in [0.1, 0.15) is 12.4 Å². The predicted molar refractivity (Wildman–Crippen MR) is 132 cm³/mol. The topological polar surface area (TPSA) is 30.5 Å². The summed E-state index contributed by atoms with van der Waals surface area (Å²) < 4.78 is 26.7. The van der Waals surface area contributed by atoms with Crippen molar-refractivity contribution in [1.82, 2.24) is 0 Å². The van der Waals surface area contributed by atoms with Crippen LogP contribution in [0.2, 0.25) is 5.02 Å². The van der Waals surface area contributed by atoms with E-state index in [1.807, 2.05) is 37.3 Å². The molecule has 3 nitrogen and oxygen atoms in total. The first-order chi connectivity index (χ1) is 15.6. The molecule has 0 aliphatic heterocycles. The van der Waals surface area contributed by atoms with Gasteiger partial charge in [0.25, 0.3) is 0 Å². The van der Waals surface area contributed by atoms with Crippen LogP contribution in [0.15, 0.2) is 77.3 Å². The minimum Gasteiger partial charge on any atom is -0.490 e. The zero-order valence-electron chi connectivity index (χ0n) is 17.5. The molecule has 4 rings (SSSR count). The van der Waals surface area contributed by atoms with Gasteiger partial charge in [0, 0.05) is 27.7 Å². The minimum absolute atomic E-state index is 0.00558. The van der Waals surface area contributed by atoms with Gasteiger partial charge in [-0.1, -0.05) is 70.0 Å². The number of ether oxygens (including phenoxy) is 2. The molecule has 0 bridgehead atoms. The number of rotatable bonds is 8. The Balaban J connectivity index is 1.55. The molecule has 1 N–H and O–H groups in total. The Kier molecular flexibility index (Phi) is 7.18. The zero-order chi connectivity index (χ0) is 22.5. The summed E-state index contributed by atoms with van der Waals surface area (Å²) in [5.74, 6) is 0.718. The molecule has 0 unspecified atom stereocenters. The van der Waals surface area contributed by atoms with Crippen LogP contribution in [-0.4, -0.2) is 6.61 Å². The van der Waals surface area contributed by atoms with Gasteiger partial charge in [-0.25, -0.2) is 4.39 Å². The van der Waals surface area contributed by atoms with Gasteiger partial charge in [-0.2, -0.15) is 0 Å². The summed E-state index contributed by atoms with van der Waals surface area (Å²) in [5.41, 5.74) is 2.38. The number of halogens is 3. The summed E-state index contributed by atoms with van der Waals surface area (Å²) in [4.78, 5) is 0. The summed E-state index contributed by atoms with van der Waals surface area (Å²) in [6.07, 6.45) is 0. The lowest BCUT2D eigenvalue weighted by molar-refractivity contribution is 0.265.